The van der Waals surface area contributed by atoms with E-state index >= 15 is 0 Å². The van der Waals surface area contributed by atoms with E-state index in [4.69, 9.17) is 5.73 Å². The largest absolute Gasteiger partial charge is 0.366 e. The highest BCUT2D eigenvalue weighted by atomic mass is 16.2. The lowest BCUT2D eigenvalue weighted by molar-refractivity contribution is 0.0943. The van der Waals surface area contributed by atoms with Gasteiger partial charge in [0.1, 0.15) is 0 Å². The Labute approximate surface area is 145 Å². The Morgan fingerprint density at radius 2 is 1.48 bits per heavy atom. The first kappa shape index (κ1) is 16.4. The van der Waals surface area contributed by atoms with Crippen molar-refractivity contribution in [2.75, 3.05) is 0 Å². The van der Waals surface area contributed by atoms with E-state index in [1.165, 1.54) is 6.07 Å². The van der Waals surface area contributed by atoms with Crippen LogP contribution in [-0.2, 0) is 0 Å². The molecule has 1 unspecified atom stereocenters. The van der Waals surface area contributed by atoms with Crippen LogP contribution in [0.25, 0.3) is 0 Å². The number of hydrogen-bond donors (Lipinski definition) is 2. The quantitative estimate of drug-likeness (QED) is 0.754. The molecule has 0 fully saturated rings. The molecule has 2 aromatic carbocycles. The zero-order chi connectivity index (χ0) is 17.6. The van der Waals surface area contributed by atoms with Gasteiger partial charge in [0.15, 0.2) is 0 Å². The Morgan fingerprint density at radius 1 is 0.840 bits per heavy atom. The summed E-state index contributed by atoms with van der Waals surface area (Å²) in [5.74, 6) is -0.850. The number of benzene rings is 2. The van der Waals surface area contributed by atoms with Crippen molar-refractivity contribution >= 4 is 11.8 Å². The number of carbonyl (C=O) groups excluding carboxylic acids is 2. The zero-order valence-electron chi connectivity index (χ0n) is 13.4. The van der Waals surface area contributed by atoms with Crippen molar-refractivity contribution in [3.8, 4) is 0 Å². The Bertz CT molecular complexity index is 840. The molecule has 3 aromatic rings. The lowest BCUT2D eigenvalue weighted by Gasteiger charge is -2.20. The number of aromatic nitrogens is 1. The molecule has 0 aliphatic heterocycles. The first-order chi connectivity index (χ1) is 12.1. The smallest absolute Gasteiger partial charge is 0.252 e. The van der Waals surface area contributed by atoms with Gasteiger partial charge < -0.3 is 11.1 Å². The average Bonchev–Trinajstić information content (AvgIpc) is 2.67. The molecule has 3 N–H and O–H groups in total. The highest BCUT2D eigenvalue weighted by molar-refractivity contribution is 5.99. The molecule has 1 aromatic heterocycles. The van der Waals surface area contributed by atoms with Gasteiger partial charge in [0.25, 0.3) is 5.91 Å². The second-order valence-corrected chi connectivity index (χ2v) is 5.54. The van der Waals surface area contributed by atoms with Gasteiger partial charge in [-0.15, -0.1) is 0 Å². The van der Waals surface area contributed by atoms with Gasteiger partial charge >= 0.3 is 0 Å². The summed E-state index contributed by atoms with van der Waals surface area (Å²) in [7, 11) is 0. The average molecular weight is 331 g/mol. The molecule has 5 heteroatoms. The third-order valence-electron chi connectivity index (χ3n) is 3.86. The fraction of sp³-hybridized carbons (Fsp3) is 0.0500. The van der Waals surface area contributed by atoms with E-state index in [2.05, 4.69) is 10.3 Å². The number of pyridine rings is 1. The Hall–Kier alpha value is -3.47. The number of carbonyl (C=O) groups is 2. The molecule has 0 bridgehead atoms. The standard InChI is InChI=1S/C20H17N3O2/c21-19(24)16-7-4-8-17(13-16)20(25)23-18(14-5-2-1-3-6-14)15-9-11-22-12-10-15/h1-13,18H,(H2,21,24)(H,23,25). The molecule has 0 saturated heterocycles. The van der Waals surface area contributed by atoms with Crippen LogP contribution < -0.4 is 11.1 Å². The van der Waals surface area contributed by atoms with E-state index in [1.807, 2.05) is 42.5 Å². The van der Waals surface area contributed by atoms with Gasteiger partial charge in [0, 0.05) is 23.5 Å². The first-order valence-corrected chi connectivity index (χ1v) is 7.81. The van der Waals surface area contributed by atoms with Crippen LogP contribution in [0.5, 0.6) is 0 Å². The fourth-order valence-corrected chi connectivity index (χ4v) is 2.59. The summed E-state index contributed by atoms with van der Waals surface area (Å²) >= 11 is 0. The predicted molar refractivity (Wildman–Crippen MR) is 94.9 cm³/mol. The molecular weight excluding hydrogens is 314 g/mol. The molecule has 0 aliphatic rings. The summed E-state index contributed by atoms with van der Waals surface area (Å²) in [5, 5.41) is 3.01. The number of amides is 2. The van der Waals surface area contributed by atoms with Crippen molar-refractivity contribution < 1.29 is 9.59 Å². The van der Waals surface area contributed by atoms with Gasteiger partial charge in [-0.25, -0.2) is 0 Å². The molecule has 5 nitrogen and oxygen atoms in total. The molecule has 0 aliphatic carbocycles. The molecule has 25 heavy (non-hydrogen) atoms. The van der Waals surface area contributed by atoms with E-state index in [0.29, 0.717) is 11.1 Å². The molecular formula is C20H17N3O2. The second-order valence-electron chi connectivity index (χ2n) is 5.54. The predicted octanol–water partition coefficient (Wildman–Crippen LogP) is 2.70. The van der Waals surface area contributed by atoms with Crippen LogP contribution in [0.3, 0.4) is 0 Å². The molecule has 3 rings (SSSR count). The fourth-order valence-electron chi connectivity index (χ4n) is 2.59. The van der Waals surface area contributed by atoms with Crippen LogP contribution >= 0.6 is 0 Å². The number of primary amides is 1. The van der Waals surface area contributed by atoms with E-state index in [-0.39, 0.29) is 11.9 Å². The number of rotatable bonds is 5. The number of hydrogen-bond acceptors (Lipinski definition) is 3. The maximum absolute atomic E-state index is 12.7. The monoisotopic (exact) mass is 331 g/mol. The minimum absolute atomic E-state index is 0.284. The first-order valence-electron chi connectivity index (χ1n) is 7.81. The van der Waals surface area contributed by atoms with Crippen molar-refractivity contribution in [2.24, 2.45) is 5.73 Å². The molecule has 1 heterocycles. The SMILES string of the molecule is NC(=O)c1cccc(C(=O)NC(c2ccccc2)c2ccncc2)c1. The van der Waals surface area contributed by atoms with Crippen molar-refractivity contribution in [3.63, 3.8) is 0 Å². The van der Waals surface area contributed by atoms with Gasteiger partial charge in [0.2, 0.25) is 5.91 Å². The van der Waals surface area contributed by atoms with Crippen LogP contribution in [-0.4, -0.2) is 16.8 Å². The van der Waals surface area contributed by atoms with Crippen LogP contribution in [0.4, 0.5) is 0 Å². The number of nitrogens with one attached hydrogen (secondary N) is 1. The van der Waals surface area contributed by atoms with Crippen LogP contribution in [0.15, 0.2) is 79.1 Å². The van der Waals surface area contributed by atoms with Crippen molar-refractivity contribution in [1.82, 2.24) is 10.3 Å². The van der Waals surface area contributed by atoms with Crippen molar-refractivity contribution in [3.05, 3.63) is 101 Å². The lowest BCUT2D eigenvalue weighted by Crippen LogP contribution is -2.29. The maximum atomic E-state index is 12.7. The molecule has 0 radical (unpaired) electrons. The van der Waals surface area contributed by atoms with Crippen molar-refractivity contribution in [1.29, 1.82) is 0 Å². The highest BCUT2D eigenvalue weighted by Crippen LogP contribution is 2.22. The molecule has 1 atom stereocenters. The van der Waals surface area contributed by atoms with Gasteiger partial charge in [0.05, 0.1) is 6.04 Å². The van der Waals surface area contributed by atoms with E-state index in [9.17, 15) is 9.59 Å². The summed E-state index contributed by atoms with van der Waals surface area (Å²) in [6.45, 7) is 0. The summed E-state index contributed by atoms with van der Waals surface area (Å²) in [4.78, 5) is 28.0. The highest BCUT2D eigenvalue weighted by Gasteiger charge is 2.18. The summed E-state index contributed by atoms with van der Waals surface area (Å²) in [6.07, 6.45) is 3.37. The number of nitrogens with two attached hydrogens (primary N) is 1. The molecule has 2 amide bonds. The minimum atomic E-state index is -0.566. The normalized spacial score (nSPS) is 11.5. The Balaban J connectivity index is 1.92. The van der Waals surface area contributed by atoms with Gasteiger partial charge in [-0.3, -0.25) is 14.6 Å². The zero-order valence-corrected chi connectivity index (χ0v) is 13.4. The van der Waals surface area contributed by atoms with Crippen LogP contribution in [0.2, 0.25) is 0 Å². The van der Waals surface area contributed by atoms with Gasteiger partial charge in [-0.05, 0) is 41.5 Å². The van der Waals surface area contributed by atoms with Gasteiger partial charge in [-0.1, -0.05) is 36.4 Å². The summed E-state index contributed by atoms with van der Waals surface area (Å²) in [6, 6.07) is 19.4. The topological polar surface area (TPSA) is 85.1 Å². The molecule has 0 spiro atoms. The third-order valence-corrected chi connectivity index (χ3v) is 3.86. The van der Waals surface area contributed by atoms with Crippen LogP contribution in [0.1, 0.15) is 37.9 Å². The molecule has 124 valence electrons. The Morgan fingerprint density at radius 3 is 2.16 bits per heavy atom. The van der Waals surface area contributed by atoms with Crippen molar-refractivity contribution in [2.45, 2.75) is 6.04 Å². The number of nitrogens with zero attached hydrogens (tertiary/aromatic N) is 1. The summed E-state index contributed by atoms with van der Waals surface area (Å²) < 4.78 is 0. The van der Waals surface area contributed by atoms with Gasteiger partial charge in [-0.2, -0.15) is 0 Å². The third kappa shape index (κ3) is 3.90. The van der Waals surface area contributed by atoms with E-state index in [0.717, 1.165) is 11.1 Å². The van der Waals surface area contributed by atoms with E-state index < -0.39 is 5.91 Å². The minimum Gasteiger partial charge on any atom is -0.366 e. The lowest BCUT2D eigenvalue weighted by atomic mass is 9.99. The van der Waals surface area contributed by atoms with E-state index in [1.54, 1.807) is 30.6 Å². The maximum Gasteiger partial charge on any atom is 0.252 e. The summed E-state index contributed by atoms with van der Waals surface area (Å²) in [5.41, 5.74) is 7.84. The second kappa shape index (κ2) is 7.40. The molecule has 0 saturated carbocycles. The Kier molecular flexibility index (Phi) is 4.85. The van der Waals surface area contributed by atoms with Crippen LogP contribution in [0, 0.1) is 0 Å².